The number of halogens is 2. The standard InChI is InChI=1S/C16H23BrFN/c1-16(2,3)13-6-8-19(9-7-13)15-5-4-14(18)10-12(15)11-17/h4-5,10,13H,6-9,11H2,1-3H3. The number of hydrogen-bond acceptors (Lipinski definition) is 1. The van der Waals surface area contributed by atoms with E-state index in [1.165, 1.54) is 18.5 Å². The van der Waals surface area contributed by atoms with Gasteiger partial charge in [-0.2, -0.15) is 0 Å². The fraction of sp³-hybridized carbons (Fsp3) is 0.625. The van der Waals surface area contributed by atoms with Gasteiger partial charge in [0.1, 0.15) is 5.82 Å². The van der Waals surface area contributed by atoms with Crippen molar-refractivity contribution in [1.29, 1.82) is 0 Å². The van der Waals surface area contributed by atoms with Crippen LogP contribution in [0.25, 0.3) is 0 Å². The Labute approximate surface area is 124 Å². The number of benzene rings is 1. The van der Waals surface area contributed by atoms with Crippen LogP contribution in [0.4, 0.5) is 10.1 Å². The maximum Gasteiger partial charge on any atom is 0.123 e. The van der Waals surface area contributed by atoms with Gasteiger partial charge in [0.25, 0.3) is 0 Å². The van der Waals surface area contributed by atoms with Crippen LogP contribution in [0.15, 0.2) is 18.2 Å². The van der Waals surface area contributed by atoms with Crippen LogP contribution < -0.4 is 4.90 Å². The van der Waals surface area contributed by atoms with Gasteiger partial charge in [0.05, 0.1) is 0 Å². The number of nitrogens with zero attached hydrogens (tertiary/aromatic N) is 1. The van der Waals surface area contributed by atoms with Gasteiger partial charge >= 0.3 is 0 Å². The van der Waals surface area contributed by atoms with Gasteiger partial charge in [-0.3, -0.25) is 0 Å². The molecule has 0 aromatic heterocycles. The molecule has 3 heteroatoms. The van der Waals surface area contributed by atoms with E-state index in [-0.39, 0.29) is 5.82 Å². The third-order valence-corrected chi connectivity index (χ3v) is 4.85. The van der Waals surface area contributed by atoms with Crippen LogP contribution in [-0.2, 0) is 5.33 Å². The zero-order valence-corrected chi connectivity index (χ0v) is 13.6. The fourth-order valence-electron chi connectivity index (χ4n) is 2.96. The van der Waals surface area contributed by atoms with Crippen molar-refractivity contribution in [3.8, 4) is 0 Å². The molecule has 0 atom stereocenters. The van der Waals surface area contributed by atoms with Crippen LogP contribution in [0.5, 0.6) is 0 Å². The minimum absolute atomic E-state index is 0.150. The van der Waals surface area contributed by atoms with Crippen LogP contribution in [-0.4, -0.2) is 13.1 Å². The number of rotatable bonds is 2. The van der Waals surface area contributed by atoms with Crippen molar-refractivity contribution in [3.05, 3.63) is 29.6 Å². The van der Waals surface area contributed by atoms with Crippen molar-refractivity contribution < 1.29 is 4.39 Å². The average molecular weight is 328 g/mol. The summed E-state index contributed by atoms with van der Waals surface area (Å²) in [6, 6.07) is 5.13. The highest BCUT2D eigenvalue weighted by Gasteiger charge is 2.29. The molecule has 1 aliphatic heterocycles. The first kappa shape index (κ1) is 14.8. The lowest BCUT2D eigenvalue weighted by Gasteiger charge is -2.40. The lowest BCUT2D eigenvalue weighted by molar-refractivity contribution is 0.199. The van der Waals surface area contributed by atoms with E-state index < -0.39 is 0 Å². The molecule has 0 spiro atoms. The van der Waals surface area contributed by atoms with Gasteiger partial charge in [-0.25, -0.2) is 4.39 Å². The quantitative estimate of drug-likeness (QED) is 0.692. The summed E-state index contributed by atoms with van der Waals surface area (Å²) >= 11 is 3.46. The largest absolute Gasteiger partial charge is 0.371 e. The summed E-state index contributed by atoms with van der Waals surface area (Å²) < 4.78 is 13.3. The lowest BCUT2D eigenvalue weighted by Crippen LogP contribution is -2.38. The Morgan fingerprint density at radius 2 is 1.89 bits per heavy atom. The highest BCUT2D eigenvalue weighted by Crippen LogP contribution is 2.36. The van der Waals surface area contributed by atoms with Crippen LogP contribution in [0.3, 0.4) is 0 Å². The highest BCUT2D eigenvalue weighted by molar-refractivity contribution is 9.08. The van der Waals surface area contributed by atoms with Gasteiger partial charge in [0, 0.05) is 24.1 Å². The molecule has 1 heterocycles. The van der Waals surface area contributed by atoms with Crippen molar-refractivity contribution in [2.75, 3.05) is 18.0 Å². The molecule has 0 unspecified atom stereocenters. The second kappa shape index (κ2) is 5.82. The van der Waals surface area contributed by atoms with Gasteiger partial charge < -0.3 is 4.90 Å². The molecule has 0 radical (unpaired) electrons. The molecule has 1 aromatic rings. The predicted molar refractivity (Wildman–Crippen MR) is 83.4 cm³/mol. The van der Waals surface area contributed by atoms with Crippen molar-refractivity contribution in [2.24, 2.45) is 11.3 Å². The number of hydrogen-bond donors (Lipinski definition) is 0. The Bertz CT molecular complexity index is 431. The number of alkyl halides is 1. The van der Waals surface area contributed by atoms with Gasteiger partial charge in [-0.1, -0.05) is 36.7 Å². The monoisotopic (exact) mass is 327 g/mol. The Morgan fingerprint density at radius 1 is 1.26 bits per heavy atom. The second-order valence-electron chi connectivity index (χ2n) is 6.53. The predicted octanol–water partition coefficient (Wildman–Crippen LogP) is 4.98. The van der Waals surface area contributed by atoms with E-state index in [4.69, 9.17) is 0 Å². The third kappa shape index (κ3) is 3.50. The normalized spacial score (nSPS) is 17.8. The Morgan fingerprint density at radius 3 is 2.42 bits per heavy atom. The molecular weight excluding hydrogens is 305 g/mol. The maximum atomic E-state index is 13.3. The summed E-state index contributed by atoms with van der Waals surface area (Å²) in [5.74, 6) is 0.638. The number of piperidine rings is 1. The molecule has 106 valence electrons. The van der Waals surface area contributed by atoms with Crippen LogP contribution in [0, 0.1) is 17.2 Å². The lowest BCUT2D eigenvalue weighted by atomic mass is 9.75. The molecule has 19 heavy (non-hydrogen) atoms. The highest BCUT2D eigenvalue weighted by atomic mass is 79.9. The topological polar surface area (TPSA) is 3.24 Å². The molecule has 2 rings (SSSR count). The molecule has 0 N–H and O–H groups in total. The first-order chi connectivity index (χ1) is 8.91. The molecular formula is C16H23BrFN. The minimum Gasteiger partial charge on any atom is -0.371 e. The summed E-state index contributed by atoms with van der Waals surface area (Å²) in [5.41, 5.74) is 2.63. The van der Waals surface area contributed by atoms with Crippen LogP contribution >= 0.6 is 15.9 Å². The van der Waals surface area contributed by atoms with E-state index in [0.29, 0.717) is 10.7 Å². The van der Waals surface area contributed by atoms with Crippen molar-refractivity contribution in [1.82, 2.24) is 0 Å². The van der Waals surface area contributed by atoms with E-state index in [1.54, 1.807) is 12.1 Å². The third-order valence-electron chi connectivity index (χ3n) is 4.25. The first-order valence-corrected chi connectivity index (χ1v) is 8.13. The molecule has 0 bridgehead atoms. The summed E-state index contributed by atoms with van der Waals surface area (Å²) in [4.78, 5) is 2.40. The van der Waals surface area contributed by atoms with Gasteiger partial charge in [0.15, 0.2) is 0 Å². The zero-order valence-electron chi connectivity index (χ0n) is 12.0. The molecule has 1 fully saturated rings. The molecule has 0 saturated carbocycles. The zero-order chi connectivity index (χ0) is 14.0. The van der Waals surface area contributed by atoms with Crippen LogP contribution in [0.2, 0.25) is 0 Å². The Balaban J connectivity index is 2.10. The minimum atomic E-state index is -0.150. The van der Waals surface area contributed by atoms with Crippen molar-refractivity contribution >= 4 is 21.6 Å². The van der Waals surface area contributed by atoms with E-state index in [2.05, 4.69) is 41.6 Å². The van der Waals surface area contributed by atoms with Crippen molar-refractivity contribution in [3.63, 3.8) is 0 Å². The molecule has 1 aliphatic rings. The fourth-order valence-corrected chi connectivity index (χ4v) is 3.41. The van der Waals surface area contributed by atoms with E-state index in [0.717, 1.165) is 24.6 Å². The summed E-state index contributed by atoms with van der Waals surface area (Å²) in [6.45, 7) is 9.14. The van der Waals surface area contributed by atoms with E-state index in [9.17, 15) is 4.39 Å². The second-order valence-corrected chi connectivity index (χ2v) is 7.09. The maximum absolute atomic E-state index is 13.3. The smallest absolute Gasteiger partial charge is 0.123 e. The number of anilines is 1. The van der Waals surface area contributed by atoms with Gasteiger partial charge in [-0.15, -0.1) is 0 Å². The summed E-state index contributed by atoms with van der Waals surface area (Å²) in [5, 5.41) is 0.708. The van der Waals surface area contributed by atoms with Gasteiger partial charge in [0.2, 0.25) is 0 Å². The first-order valence-electron chi connectivity index (χ1n) is 7.01. The van der Waals surface area contributed by atoms with E-state index >= 15 is 0 Å². The molecule has 1 nitrogen and oxygen atoms in total. The average Bonchev–Trinajstić information content (AvgIpc) is 2.37. The SMILES string of the molecule is CC(C)(C)C1CCN(c2ccc(F)cc2CBr)CC1. The molecule has 1 saturated heterocycles. The van der Waals surface area contributed by atoms with Crippen molar-refractivity contribution in [2.45, 2.75) is 38.9 Å². The van der Waals surface area contributed by atoms with Crippen LogP contribution in [0.1, 0.15) is 39.2 Å². The molecule has 0 aliphatic carbocycles. The summed E-state index contributed by atoms with van der Waals surface area (Å²) in [6.07, 6.45) is 2.45. The summed E-state index contributed by atoms with van der Waals surface area (Å²) in [7, 11) is 0. The van der Waals surface area contributed by atoms with E-state index in [1.807, 2.05) is 6.07 Å². The molecule has 1 aromatic carbocycles. The Hall–Kier alpha value is -0.570. The molecule has 0 amide bonds. The van der Waals surface area contributed by atoms with Gasteiger partial charge in [-0.05, 0) is 47.9 Å². The Kier molecular flexibility index (Phi) is 4.54.